The lowest BCUT2D eigenvalue weighted by atomic mass is 10.2. The Morgan fingerprint density at radius 2 is 2.30 bits per heavy atom. The maximum Gasteiger partial charge on any atom is 0.120 e. The number of aliphatic hydroxyl groups is 1. The molecule has 0 bridgehead atoms. The van der Waals surface area contributed by atoms with Gasteiger partial charge in [0.1, 0.15) is 19.0 Å². The number of ether oxygens (including phenoxy) is 1. The van der Waals surface area contributed by atoms with Gasteiger partial charge in [-0.2, -0.15) is 5.10 Å². The van der Waals surface area contributed by atoms with Crippen molar-refractivity contribution in [2.75, 3.05) is 13.2 Å². The lowest BCUT2D eigenvalue weighted by Crippen LogP contribution is -2.08. The van der Waals surface area contributed by atoms with Gasteiger partial charge in [0.2, 0.25) is 0 Å². The topological polar surface area (TPSA) is 47.3 Å². The van der Waals surface area contributed by atoms with Crippen molar-refractivity contribution in [1.29, 1.82) is 0 Å². The first kappa shape index (κ1) is 14.4. The number of rotatable bonds is 4. The van der Waals surface area contributed by atoms with Crippen LogP contribution in [0.1, 0.15) is 11.3 Å². The Labute approximate surface area is 122 Å². The molecule has 1 aromatic carbocycles. The zero-order chi connectivity index (χ0) is 14.4. The molecule has 104 valence electrons. The highest BCUT2D eigenvalue weighted by Crippen LogP contribution is 2.14. The molecule has 0 fully saturated rings. The molecule has 1 N–H and O–H groups in total. The Kier molecular flexibility index (Phi) is 5.05. The second-order valence-corrected chi connectivity index (χ2v) is 4.57. The molecule has 0 saturated heterocycles. The van der Waals surface area contributed by atoms with E-state index in [-0.39, 0.29) is 6.61 Å². The normalized spacial score (nSPS) is 9.95. The van der Waals surface area contributed by atoms with Crippen LogP contribution in [0.3, 0.4) is 0 Å². The van der Waals surface area contributed by atoms with E-state index in [2.05, 4.69) is 16.9 Å². The van der Waals surface area contributed by atoms with Crippen molar-refractivity contribution < 1.29 is 9.84 Å². The number of hydrogen-bond donors (Lipinski definition) is 1. The number of benzene rings is 1. The fourth-order valence-electron chi connectivity index (χ4n) is 1.67. The quantitative estimate of drug-likeness (QED) is 0.879. The van der Waals surface area contributed by atoms with Crippen molar-refractivity contribution in [1.82, 2.24) is 9.78 Å². The molecule has 0 spiro atoms. The van der Waals surface area contributed by atoms with E-state index < -0.39 is 0 Å². The number of hydrogen-bond acceptors (Lipinski definition) is 3. The van der Waals surface area contributed by atoms with Gasteiger partial charge in [-0.1, -0.05) is 29.5 Å². The second kappa shape index (κ2) is 6.99. The van der Waals surface area contributed by atoms with Crippen LogP contribution in [0.4, 0.5) is 0 Å². The Morgan fingerprint density at radius 3 is 3.00 bits per heavy atom. The van der Waals surface area contributed by atoms with Gasteiger partial charge < -0.3 is 9.84 Å². The Balaban J connectivity index is 1.90. The molecule has 4 nitrogen and oxygen atoms in total. The first-order valence-corrected chi connectivity index (χ1v) is 6.59. The van der Waals surface area contributed by atoms with E-state index in [1.165, 1.54) is 0 Å². The maximum absolute atomic E-state index is 8.66. The van der Waals surface area contributed by atoms with Gasteiger partial charge >= 0.3 is 0 Å². The van der Waals surface area contributed by atoms with E-state index in [4.69, 9.17) is 21.4 Å². The third-order valence-corrected chi connectivity index (χ3v) is 2.99. The fourth-order valence-corrected chi connectivity index (χ4v) is 1.82. The van der Waals surface area contributed by atoms with Gasteiger partial charge in [-0.3, -0.25) is 4.68 Å². The van der Waals surface area contributed by atoms with E-state index in [9.17, 15) is 0 Å². The molecular weight excluding hydrogens is 276 g/mol. The Morgan fingerprint density at radius 1 is 1.45 bits per heavy atom. The zero-order valence-electron chi connectivity index (χ0n) is 11.1. The van der Waals surface area contributed by atoms with Crippen molar-refractivity contribution in [3.63, 3.8) is 0 Å². The van der Waals surface area contributed by atoms with Gasteiger partial charge in [-0.05, 0) is 25.1 Å². The fraction of sp³-hybridized carbons (Fsp3) is 0.267. The molecule has 0 atom stereocenters. The van der Waals surface area contributed by atoms with E-state index in [0.717, 1.165) is 17.0 Å². The smallest absolute Gasteiger partial charge is 0.120 e. The first-order chi connectivity index (χ1) is 9.69. The van der Waals surface area contributed by atoms with E-state index >= 15 is 0 Å². The minimum atomic E-state index is -0.148. The zero-order valence-corrected chi connectivity index (χ0v) is 11.9. The standard InChI is InChI=1S/C15H15ClN2O2/c1-12-15(16)11-18(17-12)7-9-20-14-6-2-4-13(10-14)5-3-8-19/h2,4,6,10-11,19H,7-9H2,1H3. The predicted octanol–water partition coefficient (Wildman–Crippen LogP) is 2.27. The average Bonchev–Trinajstić information content (AvgIpc) is 2.76. The van der Waals surface area contributed by atoms with Crippen LogP contribution in [0, 0.1) is 18.8 Å². The highest BCUT2D eigenvalue weighted by Gasteiger charge is 2.02. The van der Waals surface area contributed by atoms with Gasteiger partial charge in [0.15, 0.2) is 0 Å². The number of aliphatic hydroxyl groups excluding tert-OH is 1. The van der Waals surface area contributed by atoms with E-state index in [1.54, 1.807) is 10.9 Å². The van der Waals surface area contributed by atoms with Gasteiger partial charge in [0, 0.05) is 11.8 Å². The molecule has 20 heavy (non-hydrogen) atoms. The maximum atomic E-state index is 8.66. The molecule has 5 heteroatoms. The minimum Gasteiger partial charge on any atom is -0.492 e. The molecule has 1 aromatic heterocycles. The summed E-state index contributed by atoms with van der Waals surface area (Å²) in [5, 5.41) is 13.6. The SMILES string of the molecule is Cc1nn(CCOc2cccc(C#CCO)c2)cc1Cl. The Bertz CT molecular complexity index is 621. The summed E-state index contributed by atoms with van der Waals surface area (Å²) in [7, 11) is 0. The summed E-state index contributed by atoms with van der Waals surface area (Å²) in [6.07, 6.45) is 1.78. The summed E-state index contributed by atoms with van der Waals surface area (Å²) in [6, 6.07) is 7.44. The summed E-state index contributed by atoms with van der Waals surface area (Å²) in [4.78, 5) is 0. The molecule has 2 rings (SSSR count). The van der Waals surface area contributed by atoms with Crippen LogP contribution in [0.5, 0.6) is 5.75 Å². The summed E-state index contributed by atoms with van der Waals surface area (Å²) >= 11 is 5.93. The van der Waals surface area contributed by atoms with Crippen LogP contribution in [-0.2, 0) is 6.54 Å². The van der Waals surface area contributed by atoms with Crippen LogP contribution in [-0.4, -0.2) is 28.1 Å². The molecule has 0 saturated carbocycles. The van der Waals surface area contributed by atoms with E-state index in [1.807, 2.05) is 31.2 Å². The van der Waals surface area contributed by atoms with E-state index in [0.29, 0.717) is 18.2 Å². The molecular formula is C15H15ClN2O2. The van der Waals surface area contributed by atoms with Crippen molar-refractivity contribution in [2.45, 2.75) is 13.5 Å². The van der Waals surface area contributed by atoms with Crippen LogP contribution >= 0.6 is 11.6 Å². The molecule has 0 aliphatic heterocycles. The van der Waals surface area contributed by atoms with Crippen LogP contribution in [0.2, 0.25) is 5.02 Å². The van der Waals surface area contributed by atoms with Crippen LogP contribution in [0.15, 0.2) is 30.5 Å². The van der Waals surface area contributed by atoms with Crippen molar-refractivity contribution in [3.05, 3.63) is 46.7 Å². The van der Waals surface area contributed by atoms with Gasteiger partial charge in [-0.15, -0.1) is 0 Å². The monoisotopic (exact) mass is 290 g/mol. The van der Waals surface area contributed by atoms with Gasteiger partial charge in [0.25, 0.3) is 0 Å². The number of nitrogens with zero attached hydrogens (tertiary/aromatic N) is 2. The van der Waals surface area contributed by atoms with Crippen LogP contribution < -0.4 is 4.74 Å². The third kappa shape index (κ3) is 4.02. The summed E-state index contributed by atoms with van der Waals surface area (Å²) in [5.74, 6) is 6.18. The van der Waals surface area contributed by atoms with Crippen molar-refractivity contribution in [2.24, 2.45) is 0 Å². The molecule has 0 amide bonds. The molecule has 0 aliphatic carbocycles. The Hall–Kier alpha value is -1.96. The number of aromatic nitrogens is 2. The summed E-state index contributed by atoms with van der Waals surface area (Å²) in [5.41, 5.74) is 1.63. The van der Waals surface area contributed by atoms with Crippen molar-refractivity contribution >= 4 is 11.6 Å². The van der Waals surface area contributed by atoms with Gasteiger partial charge in [-0.25, -0.2) is 0 Å². The average molecular weight is 291 g/mol. The molecule has 0 radical (unpaired) electrons. The summed E-state index contributed by atoms with van der Waals surface area (Å²) in [6.45, 7) is 2.84. The third-order valence-electron chi connectivity index (χ3n) is 2.62. The predicted molar refractivity (Wildman–Crippen MR) is 77.9 cm³/mol. The first-order valence-electron chi connectivity index (χ1n) is 6.21. The molecule has 1 heterocycles. The molecule has 0 aliphatic rings. The second-order valence-electron chi connectivity index (χ2n) is 4.16. The highest BCUT2D eigenvalue weighted by molar-refractivity contribution is 6.31. The number of halogens is 1. The minimum absolute atomic E-state index is 0.148. The lowest BCUT2D eigenvalue weighted by molar-refractivity contribution is 0.291. The van der Waals surface area contributed by atoms with Crippen molar-refractivity contribution in [3.8, 4) is 17.6 Å². The lowest BCUT2D eigenvalue weighted by Gasteiger charge is -2.06. The summed E-state index contributed by atoms with van der Waals surface area (Å²) < 4.78 is 7.40. The number of aryl methyl sites for hydroxylation is 1. The molecule has 0 unspecified atom stereocenters. The highest BCUT2D eigenvalue weighted by atomic mass is 35.5. The molecule has 2 aromatic rings. The van der Waals surface area contributed by atoms with Crippen LogP contribution in [0.25, 0.3) is 0 Å². The van der Waals surface area contributed by atoms with Gasteiger partial charge in [0.05, 0.1) is 17.3 Å². The largest absolute Gasteiger partial charge is 0.492 e.